The van der Waals surface area contributed by atoms with Gasteiger partial charge >= 0.3 is 0 Å². The molecule has 1 aliphatic rings. The molecule has 0 unspecified atom stereocenters. The van der Waals surface area contributed by atoms with Gasteiger partial charge in [0.25, 0.3) is 0 Å². The molecule has 2 rings (SSSR count). The molecule has 11 heavy (non-hydrogen) atoms. The Hall–Kier alpha value is -0.960. The van der Waals surface area contributed by atoms with Crippen molar-refractivity contribution < 1.29 is 0 Å². The van der Waals surface area contributed by atoms with Crippen molar-refractivity contribution in [3.05, 3.63) is 28.7 Å². The summed E-state index contributed by atoms with van der Waals surface area (Å²) in [5, 5.41) is 3.05. The molecule has 56 valence electrons. The molecule has 1 aromatic rings. The van der Waals surface area contributed by atoms with Crippen LogP contribution in [0, 0.1) is 0 Å². The quantitative estimate of drug-likeness (QED) is 0.582. The largest absolute Gasteiger partial charge is 0.282 e. The van der Waals surface area contributed by atoms with E-state index in [1.165, 1.54) is 0 Å². The third kappa shape index (κ3) is 1.38. The first-order valence-electron chi connectivity index (χ1n) is 3.55. The van der Waals surface area contributed by atoms with Gasteiger partial charge in [-0.15, -0.1) is 11.3 Å². The van der Waals surface area contributed by atoms with E-state index >= 15 is 0 Å². The fraction of sp³-hybridized carbons (Fsp3) is 0.250. The maximum absolute atomic E-state index is 4.35. The Balaban J connectivity index is 2.24. The molecule has 1 aromatic heterocycles. The summed E-state index contributed by atoms with van der Waals surface area (Å²) in [6, 6.07) is 0. The van der Waals surface area contributed by atoms with Crippen molar-refractivity contribution >= 4 is 17.0 Å². The fourth-order valence-corrected chi connectivity index (χ4v) is 1.67. The maximum Gasteiger partial charge on any atom is 0.137 e. The van der Waals surface area contributed by atoms with Crippen LogP contribution < -0.4 is 0 Å². The third-order valence-electron chi connectivity index (χ3n) is 1.54. The Morgan fingerprint density at radius 3 is 3.00 bits per heavy atom. The SMILES string of the molecule is C1=CCC(c2nccs2)=NC1. The maximum atomic E-state index is 4.35. The predicted molar refractivity (Wildman–Crippen MR) is 47.3 cm³/mol. The van der Waals surface area contributed by atoms with Crippen molar-refractivity contribution in [1.82, 2.24) is 4.98 Å². The molecule has 0 aliphatic carbocycles. The lowest BCUT2D eigenvalue weighted by molar-refractivity contribution is 1.16. The molecule has 0 saturated carbocycles. The molecule has 0 N–H and O–H groups in total. The summed E-state index contributed by atoms with van der Waals surface area (Å²) in [5.74, 6) is 0. The number of dihydropyridines is 1. The highest BCUT2D eigenvalue weighted by Crippen LogP contribution is 2.11. The van der Waals surface area contributed by atoms with E-state index in [1.807, 2.05) is 11.6 Å². The Labute approximate surface area is 69.3 Å². The van der Waals surface area contributed by atoms with Crippen LogP contribution in [0.15, 0.2) is 28.7 Å². The third-order valence-corrected chi connectivity index (χ3v) is 2.37. The monoisotopic (exact) mass is 164 g/mol. The van der Waals surface area contributed by atoms with Crippen molar-refractivity contribution in [1.29, 1.82) is 0 Å². The summed E-state index contributed by atoms with van der Waals surface area (Å²) in [6.07, 6.45) is 6.98. The highest BCUT2D eigenvalue weighted by atomic mass is 32.1. The number of rotatable bonds is 1. The van der Waals surface area contributed by atoms with Crippen LogP contribution in [0.3, 0.4) is 0 Å². The second kappa shape index (κ2) is 2.96. The smallest absolute Gasteiger partial charge is 0.137 e. The average Bonchev–Trinajstić information content (AvgIpc) is 2.58. The second-order valence-electron chi connectivity index (χ2n) is 2.30. The molecule has 1 aliphatic heterocycles. The minimum absolute atomic E-state index is 0.814. The number of aromatic nitrogens is 1. The summed E-state index contributed by atoms with van der Waals surface area (Å²) < 4.78 is 0. The zero-order chi connectivity index (χ0) is 7.52. The van der Waals surface area contributed by atoms with E-state index in [0.29, 0.717) is 0 Å². The van der Waals surface area contributed by atoms with Gasteiger partial charge in [0.15, 0.2) is 0 Å². The summed E-state index contributed by atoms with van der Waals surface area (Å²) in [7, 11) is 0. The van der Waals surface area contributed by atoms with Gasteiger partial charge in [-0.3, -0.25) is 4.99 Å². The Bertz CT molecular complexity index is 285. The van der Waals surface area contributed by atoms with Crippen molar-refractivity contribution in [3.8, 4) is 0 Å². The minimum atomic E-state index is 0.814. The van der Waals surface area contributed by atoms with Gasteiger partial charge in [0.2, 0.25) is 0 Å². The van der Waals surface area contributed by atoms with Gasteiger partial charge in [-0.2, -0.15) is 0 Å². The van der Waals surface area contributed by atoms with Crippen LogP contribution in [0.25, 0.3) is 0 Å². The van der Waals surface area contributed by atoms with E-state index in [1.54, 1.807) is 11.3 Å². The number of thiazole rings is 1. The molecule has 0 atom stereocenters. The molecule has 0 bridgehead atoms. The number of aliphatic imine (C=N–C) groups is 1. The minimum Gasteiger partial charge on any atom is -0.282 e. The molecule has 0 aromatic carbocycles. The van der Waals surface area contributed by atoms with Gasteiger partial charge in [-0.1, -0.05) is 12.2 Å². The van der Waals surface area contributed by atoms with E-state index < -0.39 is 0 Å². The standard InChI is InChI=1S/C8H8N2S/c1-2-4-9-7(3-1)8-10-5-6-11-8/h1-2,5-6H,3-4H2. The molecule has 0 amide bonds. The van der Waals surface area contributed by atoms with Crippen LogP contribution in [0.4, 0.5) is 0 Å². The molecule has 0 saturated heterocycles. The molecule has 0 spiro atoms. The number of hydrogen-bond acceptors (Lipinski definition) is 3. The van der Waals surface area contributed by atoms with Crippen LogP contribution in [0.5, 0.6) is 0 Å². The molecule has 2 heterocycles. The Morgan fingerprint density at radius 2 is 2.36 bits per heavy atom. The Morgan fingerprint density at radius 1 is 1.36 bits per heavy atom. The van der Waals surface area contributed by atoms with Gasteiger partial charge in [-0.05, 0) is 0 Å². The van der Waals surface area contributed by atoms with Gasteiger partial charge < -0.3 is 0 Å². The summed E-state index contributed by atoms with van der Waals surface area (Å²) >= 11 is 1.65. The Kier molecular flexibility index (Phi) is 1.81. The van der Waals surface area contributed by atoms with Gasteiger partial charge in [0, 0.05) is 18.0 Å². The first-order chi connectivity index (χ1) is 5.47. The lowest BCUT2D eigenvalue weighted by Gasteiger charge is -2.02. The van der Waals surface area contributed by atoms with Crippen LogP contribution in [-0.2, 0) is 0 Å². The van der Waals surface area contributed by atoms with Crippen molar-refractivity contribution in [2.24, 2.45) is 4.99 Å². The predicted octanol–water partition coefficient (Wildman–Crippen LogP) is 1.89. The first-order valence-corrected chi connectivity index (χ1v) is 4.43. The van der Waals surface area contributed by atoms with Gasteiger partial charge in [-0.25, -0.2) is 4.98 Å². The number of allylic oxidation sites excluding steroid dienone is 1. The molecule has 0 radical (unpaired) electrons. The lowest BCUT2D eigenvalue weighted by atomic mass is 10.2. The molecule has 2 nitrogen and oxygen atoms in total. The molecule has 0 fully saturated rings. The summed E-state index contributed by atoms with van der Waals surface area (Å²) in [6.45, 7) is 0.814. The summed E-state index contributed by atoms with van der Waals surface area (Å²) in [5.41, 5.74) is 1.13. The van der Waals surface area contributed by atoms with Crippen molar-refractivity contribution in [3.63, 3.8) is 0 Å². The zero-order valence-electron chi connectivity index (χ0n) is 6.03. The summed E-state index contributed by atoms with van der Waals surface area (Å²) in [4.78, 5) is 8.54. The van der Waals surface area contributed by atoms with Crippen LogP contribution in [0.1, 0.15) is 11.4 Å². The van der Waals surface area contributed by atoms with Crippen LogP contribution >= 0.6 is 11.3 Å². The number of hydrogen-bond donors (Lipinski definition) is 0. The van der Waals surface area contributed by atoms with Crippen molar-refractivity contribution in [2.45, 2.75) is 6.42 Å². The average molecular weight is 164 g/mol. The molecule has 3 heteroatoms. The highest BCUT2D eigenvalue weighted by Gasteiger charge is 2.05. The molecular weight excluding hydrogens is 156 g/mol. The zero-order valence-corrected chi connectivity index (χ0v) is 6.84. The van der Waals surface area contributed by atoms with E-state index in [2.05, 4.69) is 22.1 Å². The van der Waals surface area contributed by atoms with Crippen molar-refractivity contribution in [2.75, 3.05) is 6.54 Å². The van der Waals surface area contributed by atoms with Crippen LogP contribution in [0.2, 0.25) is 0 Å². The van der Waals surface area contributed by atoms with E-state index in [4.69, 9.17) is 0 Å². The normalized spacial score (nSPS) is 16.5. The van der Waals surface area contributed by atoms with E-state index in [0.717, 1.165) is 23.7 Å². The number of nitrogens with zero attached hydrogens (tertiary/aromatic N) is 2. The lowest BCUT2D eigenvalue weighted by Crippen LogP contribution is -2.02. The first kappa shape index (κ1) is 6.73. The van der Waals surface area contributed by atoms with E-state index in [-0.39, 0.29) is 0 Å². The van der Waals surface area contributed by atoms with Crippen LogP contribution in [-0.4, -0.2) is 17.2 Å². The van der Waals surface area contributed by atoms with Gasteiger partial charge in [0.05, 0.1) is 12.3 Å². The highest BCUT2D eigenvalue weighted by molar-refractivity contribution is 7.11. The van der Waals surface area contributed by atoms with E-state index in [9.17, 15) is 0 Å². The second-order valence-corrected chi connectivity index (χ2v) is 3.19. The molecular formula is C8H8N2S. The fourth-order valence-electron chi connectivity index (χ4n) is 1.02. The van der Waals surface area contributed by atoms with Gasteiger partial charge in [0.1, 0.15) is 5.01 Å². The topological polar surface area (TPSA) is 25.2 Å².